The smallest absolute Gasteiger partial charge is 0.337 e. The molecular formula is C15H18FN3O6S. The summed E-state index contributed by atoms with van der Waals surface area (Å²) in [6, 6.07) is 3.00. The molecule has 0 spiro atoms. The summed E-state index contributed by atoms with van der Waals surface area (Å²) in [4.78, 5) is 25.3. The highest BCUT2D eigenvalue weighted by molar-refractivity contribution is 7.89. The SMILES string of the molecule is CNS(=O)(=O)c1ccc(F)c(NC2=C(C(=O)OC)CN(CCO)C2=O)c1. The number of methoxy groups -OCH3 is 1. The van der Waals surface area contributed by atoms with Crippen molar-refractivity contribution in [3.05, 3.63) is 35.3 Å². The lowest BCUT2D eigenvalue weighted by Gasteiger charge is -2.15. The topological polar surface area (TPSA) is 125 Å². The highest BCUT2D eigenvalue weighted by atomic mass is 32.2. The Kier molecular flexibility index (Phi) is 5.95. The van der Waals surface area contributed by atoms with E-state index in [1.807, 2.05) is 0 Å². The predicted octanol–water partition coefficient (Wildman–Crippen LogP) is -0.593. The van der Waals surface area contributed by atoms with Crippen LogP contribution in [0, 0.1) is 5.82 Å². The van der Waals surface area contributed by atoms with Gasteiger partial charge in [0.15, 0.2) is 0 Å². The van der Waals surface area contributed by atoms with Gasteiger partial charge in [0.05, 0.1) is 36.4 Å². The number of esters is 1. The van der Waals surface area contributed by atoms with Crippen molar-refractivity contribution in [1.82, 2.24) is 9.62 Å². The van der Waals surface area contributed by atoms with Gasteiger partial charge in [-0.15, -0.1) is 0 Å². The van der Waals surface area contributed by atoms with Crippen molar-refractivity contribution >= 4 is 27.6 Å². The summed E-state index contributed by atoms with van der Waals surface area (Å²) in [5, 5.41) is 11.5. The fraction of sp³-hybridized carbons (Fsp3) is 0.333. The van der Waals surface area contributed by atoms with E-state index in [2.05, 4.69) is 14.8 Å². The number of ether oxygens (including phenoxy) is 1. The molecule has 0 aromatic heterocycles. The number of halogens is 1. The van der Waals surface area contributed by atoms with Crippen molar-refractivity contribution in [1.29, 1.82) is 0 Å². The lowest BCUT2D eigenvalue weighted by Crippen LogP contribution is -2.31. The molecule has 0 saturated carbocycles. The normalized spacial score (nSPS) is 14.8. The molecule has 11 heteroatoms. The highest BCUT2D eigenvalue weighted by Crippen LogP contribution is 2.26. The minimum absolute atomic E-state index is 0.0266. The molecule has 1 aliphatic heterocycles. The number of aliphatic hydroxyl groups is 1. The van der Waals surface area contributed by atoms with E-state index in [-0.39, 0.29) is 41.5 Å². The zero-order valence-electron chi connectivity index (χ0n) is 14.1. The predicted molar refractivity (Wildman–Crippen MR) is 89.0 cm³/mol. The molecule has 1 heterocycles. The van der Waals surface area contributed by atoms with Crippen molar-refractivity contribution in [3.63, 3.8) is 0 Å². The molecule has 0 radical (unpaired) electrons. The quantitative estimate of drug-likeness (QED) is 0.534. The average Bonchev–Trinajstić information content (AvgIpc) is 2.92. The molecule has 9 nitrogen and oxygen atoms in total. The maximum atomic E-state index is 14.1. The summed E-state index contributed by atoms with van der Waals surface area (Å²) >= 11 is 0. The Morgan fingerprint density at radius 3 is 2.69 bits per heavy atom. The van der Waals surface area contributed by atoms with Crippen LogP contribution in [0.25, 0.3) is 0 Å². The standard InChI is InChI=1S/C15H18FN3O6S/c1-17-26(23,24)9-3-4-11(16)12(7-9)18-13-10(15(22)25-2)8-19(5-6-20)14(13)21/h3-4,7,17-18,20H,5-6,8H2,1-2H3. The molecule has 1 aliphatic rings. The van der Waals surface area contributed by atoms with E-state index in [1.165, 1.54) is 11.9 Å². The fourth-order valence-corrected chi connectivity index (χ4v) is 3.12. The summed E-state index contributed by atoms with van der Waals surface area (Å²) in [6.45, 7) is -0.469. The van der Waals surface area contributed by atoms with Crippen molar-refractivity contribution < 1.29 is 32.2 Å². The van der Waals surface area contributed by atoms with Gasteiger partial charge < -0.3 is 20.1 Å². The number of anilines is 1. The number of carbonyl (C=O) groups excluding carboxylic acids is 2. The first-order valence-electron chi connectivity index (χ1n) is 7.47. The third kappa shape index (κ3) is 3.84. The number of nitrogens with one attached hydrogen (secondary N) is 2. The lowest BCUT2D eigenvalue weighted by molar-refractivity contribution is -0.136. The summed E-state index contributed by atoms with van der Waals surface area (Å²) in [5.41, 5.74) is -0.577. The third-order valence-corrected chi connectivity index (χ3v) is 5.14. The first-order valence-corrected chi connectivity index (χ1v) is 8.95. The van der Waals surface area contributed by atoms with Crippen LogP contribution in [-0.4, -0.2) is 64.2 Å². The number of aliphatic hydroxyl groups excluding tert-OH is 1. The molecule has 0 unspecified atom stereocenters. The van der Waals surface area contributed by atoms with Crippen LogP contribution in [0.2, 0.25) is 0 Å². The molecule has 26 heavy (non-hydrogen) atoms. The second-order valence-corrected chi connectivity index (χ2v) is 7.16. The minimum Gasteiger partial charge on any atom is -0.466 e. The van der Waals surface area contributed by atoms with E-state index in [0.29, 0.717) is 0 Å². The Hall–Kier alpha value is -2.50. The van der Waals surface area contributed by atoms with E-state index in [9.17, 15) is 22.4 Å². The fourth-order valence-electron chi connectivity index (χ4n) is 2.37. The van der Waals surface area contributed by atoms with Gasteiger partial charge in [-0.1, -0.05) is 0 Å². The average molecular weight is 387 g/mol. The van der Waals surface area contributed by atoms with Gasteiger partial charge in [-0.05, 0) is 25.2 Å². The molecule has 142 valence electrons. The Morgan fingerprint density at radius 1 is 1.42 bits per heavy atom. The van der Waals surface area contributed by atoms with E-state index in [1.54, 1.807) is 0 Å². The second kappa shape index (κ2) is 7.81. The van der Waals surface area contributed by atoms with Crippen LogP contribution in [0.3, 0.4) is 0 Å². The Morgan fingerprint density at radius 2 is 2.12 bits per heavy atom. The van der Waals surface area contributed by atoms with E-state index in [4.69, 9.17) is 5.11 Å². The molecule has 1 aromatic carbocycles. The van der Waals surface area contributed by atoms with E-state index in [0.717, 1.165) is 25.3 Å². The summed E-state index contributed by atoms with van der Waals surface area (Å²) in [5.74, 6) is -2.24. The number of nitrogens with zero attached hydrogens (tertiary/aromatic N) is 1. The molecule has 3 N–H and O–H groups in total. The first kappa shape index (κ1) is 19.8. The Balaban J connectivity index is 2.45. The maximum Gasteiger partial charge on any atom is 0.337 e. The molecule has 0 aliphatic carbocycles. The molecule has 2 rings (SSSR count). The van der Waals surface area contributed by atoms with E-state index < -0.39 is 27.7 Å². The van der Waals surface area contributed by atoms with Crippen LogP contribution >= 0.6 is 0 Å². The molecule has 0 saturated heterocycles. The number of hydrogen-bond acceptors (Lipinski definition) is 7. The van der Waals surface area contributed by atoms with Crippen molar-refractivity contribution in [2.24, 2.45) is 0 Å². The zero-order valence-corrected chi connectivity index (χ0v) is 14.9. The van der Waals surface area contributed by atoms with Crippen LogP contribution in [0.15, 0.2) is 34.4 Å². The lowest BCUT2D eigenvalue weighted by atomic mass is 10.2. The third-order valence-electron chi connectivity index (χ3n) is 3.73. The summed E-state index contributed by atoms with van der Waals surface area (Å²) in [6.07, 6.45) is 0. The zero-order chi connectivity index (χ0) is 19.5. The van der Waals surface area contributed by atoms with Crippen molar-refractivity contribution in [3.8, 4) is 0 Å². The van der Waals surface area contributed by atoms with Gasteiger partial charge in [-0.25, -0.2) is 22.3 Å². The Labute approximate surface area is 149 Å². The molecular weight excluding hydrogens is 369 g/mol. The Bertz CT molecular complexity index is 868. The van der Waals surface area contributed by atoms with Crippen molar-refractivity contribution in [2.45, 2.75) is 4.90 Å². The number of amides is 1. The minimum atomic E-state index is -3.83. The van der Waals surface area contributed by atoms with Gasteiger partial charge in [0.2, 0.25) is 10.0 Å². The number of rotatable bonds is 7. The van der Waals surface area contributed by atoms with Gasteiger partial charge >= 0.3 is 5.97 Å². The van der Waals surface area contributed by atoms with E-state index >= 15 is 0 Å². The maximum absolute atomic E-state index is 14.1. The molecule has 1 aromatic rings. The van der Waals surface area contributed by atoms with Crippen molar-refractivity contribution in [2.75, 3.05) is 39.2 Å². The number of sulfonamides is 1. The van der Waals surface area contributed by atoms with Crippen LogP contribution in [-0.2, 0) is 24.3 Å². The van der Waals surface area contributed by atoms with Gasteiger partial charge in [0.1, 0.15) is 11.5 Å². The first-order chi connectivity index (χ1) is 12.2. The largest absolute Gasteiger partial charge is 0.466 e. The summed E-state index contributed by atoms with van der Waals surface area (Å²) < 4.78 is 44.6. The van der Waals surface area contributed by atoms with Crippen LogP contribution in [0.5, 0.6) is 0 Å². The molecule has 0 atom stereocenters. The number of β-amino-alcohol motifs (C(OH)–C–C–N with tert-alkyl or cyclic N) is 1. The number of hydrogen-bond donors (Lipinski definition) is 3. The number of carbonyl (C=O) groups is 2. The molecule has 1 amide bonds. The summed E-state index contributed by atoms with van der Waals surface area (Å²) in [7, 11) is -1.49. The molecule has 0 fully saturated rings. The van der Waals surface area contributed by atoms with Gasteiger partial charge in [0, 0.05) is 6.54 Å². The molecule has 0 bridgehead atoms. The monoisotopic (exact) mass is 387 g/mol. The van der Waals surface area contributed by atoms with Gasteiger partial charge in [-0.3, -0.25) is 4.79 Å². The highest BCUT2D eigenvalue weighted by Gasteiger charge is 2.35. The van der Waals surface area contributed by atoms with Gasteiger partial charge in [-0.2, -0.15) is 0 Å². The van der Waals surface area contributed by atoms with Crippen LogP contribution in [0.4, 0.5) is 10.1 Å². The van der Waals surface area contributed by atoms with Crippen LogP contribution < -0.4 is 10.0 Å². The van der Waals surface area contributed by atoms with Gasteiger partial charge in [0.25, 0.3) is 5.91 Å². The van der Waals surface area contributed by atoms with Crippen LogP contribution in [0.1, 0.15) is 0 Å². The number of benzene rings is 1. The second-order valence-electron chi connectivity index (χ2n) is 5.27.